The van der Waals surface area contributed by atoms with Gasteiger partial charge in [0.25, 0.3) is 0 Å². The quantitative estimate of drug-likeness (QED) is 0.545. The van der Waals surface area contributed by atoms with Crippen molar-refractivity contribution in [2.75, 3.05) is 0 Å². The highest BCUT2D eigenvalue weighted by Gasteiger charge is 2.46. The molecule has 0 saturated heterocycles. The Kier molecular flexibility index (Phi) is 4.87. The fourth-order valence-corrected chi connectivity index (χ4v) is 8.33. The van der Waals surface area contributed by atoms with Crippen LogP contribution in [-0.4, -0.2) is 13.2 Å². The first-order chi connectivity index (χ1) is 10.2. The van der Waals surface area contributed by atoms with E-state index in [0.29, 0.717) is 5.66 Å². The Labute approximate surface area is 138 Å². The zero-order chi connectivity index (χ0) is 14.7. The first-order valence-electron chi connectivity index (χ1n) is 7.71. The summed E-state index contributed by atoms with van der Waals surface area (Å²) in [4.78, 5) is 0. The highest BCUT2D eigenvalue weighted by atomic mass is 79.9. The summed E-state index contributed by atoms with van der Waals surface area (Å²) in [6.45, 7) is 0. The van der Waals surface area contributed by atoms with Gasteiger partial charge < -0.3 is 0 Å². The first kappa shape index (κ1) is 15.3. The fourth-order valence-electron chi connectivity index (χ4n) is 3.46. The molecule has 1 saturated carbocycles. The van der Waals surface area contributed by atoms with Crippen LogP contribution in [0.15, 0.2) is 59.1 Å². The van der Waals surface area contributed by atoms with Crippen molar-refractivity contribution < 1.29 is 0 Å². The summed E-state index contributed by atoms with van der Waals surface area (Å²) in [7, 11) is 5.36. The van der Waals surface area contributed by atoms with Crippen LogP contribution in [0.1, 0.15) is 32.1 Å². The summed E-state index contributed by atoms with van der Waals surface area (Å²) >= 11 is 3.74. The second-order valence-electron chi connectivity index (χ2n) is 5.86. The number of hydrogen-bond donors (Lipinski definition) is 0. The van der Waals surface area contributed by atoms with E-state index in [2.05, 4.69) is 70.5 Å². The molecule has 2 aromatic carbocycles. The molecule has 3 rings (SSSR count). The zero-order valence-corrected chi connectivity index (χ0v) is 14.7. The van der Waals surface area contributed by atoms with E-state index in [0.717, 1.165) is 4.47 Å². The lowest BCUT2D eigenvalue weighted by atomic mass is 10.0. The van der Waals surface area contributed by atoms with Crippen molar-refractivity contribution >= 4 is 41.2 Å². The van der Waals surface area contributed by atoms with Crippen LogP contribution >= 0.6 is 23.1 Å². The van der Waals surface area contributed by atoms with Gasteiger partial charge in [-0.15, -0.1) is 0 Å². The van der Waals surface area contributed by atoms with E-state index < -0.39 is 7.14 Å². The lowest BCUT2D eigenvalue weighted by Gasteiger charge is -2.35. The maximum absolute atomic E-state index is 7.20. The van der Waals surface area contributed by atoms with Gasteiger partial charge in [0.05, 0.1) is 20.7 Å². The monoisotopic (exact) mass is 357 g/mol. The minimum Gasteiger partial charge on any atom is -0.0620 e. The third-order valence-electron chi connectivity index (χ3n) is 4.59. The van der Waals surface area contributed by atoms with Crippen LogP contribution in [-0.2, 0) is 0 Å². The predicted octanol–water partition coefficient (Wildman–Crippen LogP) is 4.83. The van der Waals surface area contributed by atoms with Gasteiger partial charge in [-0.05, 0) is 65.9 Å². The van der Waals surface area contributed by atoms with Crippen LogP contribution in [0.2, 0.25) is 0 Å². The lowest BCUT2D eigenvalue weighted by Crippen LogP contribution is -2.33. The minimum atomic E-state index is -1.83. The average Bonchev–Trinajstić information content (AvgIpc) is 2.56. The third-order valence-corrected chi connectivity index (χ3v) is 9.59. The molecule has 0 bridgehead atoms. The van der Waals surface area contributed by atoms with Gasteiger partial charge in [-0.1, -0.05) is 36.8 Å². The van der Waals surface area contributed by atoms with Crippen molar-refractivity contribution in [2.45, 2.75) is 37.8 Å². The summed E-state index contributed by atoms with van der Waals surface area (Å²) in [5.41, 5.74) is 0.618. The van der Waals surface area contributed by atoms with E-state index in [1.54, 1.807) is 0 Å². The maximum Gasteiger partial charge on any atom is 0.377 e. The SMILES string of the molecule is [B][P+](c1ccccc1)(c1ccccc1Br)C1CCCCC1. The lowest BCUT2D eigenvalue weighted by molar-refractivity contribution is 0.512. The predicted molar refractivity (Wildman–Crippen MR) is 99.4 cm³/mol. The van der Waals surface area contributed by atoms with Crippen molar-refractivity contribution in [2.24, 2.45) is 0 Å². The second-order valence-corrected chi connectivity index (χ2v) is 9.99. The highest BCUT2D eigenvalue weighted by molar-refractivity contribution is 9.10. The Balaban J connectivity index is 2.12. The second kappa shape index (κ2) is 6.67. The number of hydrogen-bond acceptors (Lipinski definition) is 0. The molecule has 0 spiro atoms. The number of benzene rings is 2. The molecular weight excluding hydrogens is 338 g/mol. The van der Waals surface area contributed by atoms with E-state index in [9.17, 15) is 0 Å². The Morgan fingerprint density at radius 3 is 2.14 bits per heavy atom. The molecule has 106 valence electrons. The zero-order valence-electron chi connectivity index (χ0n) is 12.2. The van der Waals surface area contributed by atoms with Crippen molar-refractivity contribution in [1.29, 1.82) is 0 Å². The van der Waals surface area contributed by atoms with E-state index in [-0.39, 0.29) is 0 Å². The van der Waals surface area contributed by atoms with Crippen LogP contribution < -0.4 is 10.6 Å². The summed E-state index contributed by atoms with van der Waals surface area (Å²) in [5.74, 6) is 0. The van der Waals surface area contributed by atoms with Crippen LogP contribution in [0.4, 0.5) is 0 Å². The third kappa shape index (κ3) is 2.98. The van der Waals surface area contributed by atoms with Gasteiger partial charge in [-0.2, -0.15) is 0 Å². The van der Waals surface area contributed by atoms with Crippen molar-refractivity contribution in [3.8, 4) is 0 Å². The molecule has 1 atom stereocenters. The van der Waals surface area contributed by atoms with Gasteiger partial charge in [-0.3, -0.25) is 0 Å². The smallest absolute Gasteiger partial charge is 0.0620 e. The van der Waals surface area contributed by atoms with E-state index in [1.165, 1.54) is 42.7 Å². The van der Waals surface area contributed by atoms with Crippen LogP contribution in [0.25, 0.3) is 0 Å². The van der Waals surface area contributed by atoms with Gasteiger partial charge >= 0.3 is 7.57 Å². The first-order valence-corrected chi connectivity index (χ1v) is 10.4. The standard InChI is InChI=1S/C18H20BBrP/c19-21(15-9-3-1-4-10-15,16-11-5-2-6-12-16)18-14-8-7-13-17(18)20/h1,3-4,7-10,13-14,16H,2,5-6,11-12H2/q+1. The van der Waals surface area contributed by atoms with Crippen LogP contribution in [0.3, 0.4) is 0 Å². The molecule has 2 radical (unpaired) electrons. The Morgan fingerprint density at radius 1 is 0.857 bits per heavy atom. The molecule has 0 amide bonds. The van der Waals surface area contributed by atoms with Gasteiger partial charge in [-0.25, -0.2) is 0 Å². The summed E-state index contributed by atoms with van der Waals surface area (Å²) in [6.07, 6.45) is 6.53. The molecular formula is C18H20BBrP+. The largest absolute Gasteiger partial charge is 0.377 e. The maximum atomic E-state index is 7.20. The minimum absolute atomic E-state index is 0.618. The molecule has 1 unspecified atom stereocenters. The van der Waals surface area contributed by atoms with Gasteiger partial charge in [0.1, 0.15) is 0 Å². The van der Waals surface area contributed by atoms with Crippen molar-refractivity contribution in [1.82, 2.24) is 0 Å². The van der Waals surface area contributed by atoms with E-state index >= 15 is 0 Å². The molecule has 21 heavy (non-hydrogen) atoms. The summed E-state index contributed by atoms with van der Waals surface area (Å²) in [6, 6.07) is 19.3. The molecule has 2 aromatic rings. The van der Waals surface area contributed by atoms with Gasteiger partial charge in [0.15, 0.2) is 0 Å². The molecule has 1 aliphatic rings. The summed E-state index contributed by atoms with van der Waals surface area (Å²) in [5, 5.41) is 2.66. The Bertz CT molecular complexity index is 595. The molecule has 1 aliphatic carbocycles. The molecule has 0 N–H and O–H groups in total. The number of rotatable bonds is 3. The Morgan fingerprint density at radius 2 is 1.48 bits per heavy atom. The molecule has 0 aliphatic heterocycles. The molecule has 0 aromatic heterocycles. The fraction of sp³-hybridized carbons (Fsp3) is 0.333. The normalized spacial score (nSPS) is 19.1. The van der Waals surface area contributed by atoms with Gasteiger partial charge in [0, 0.05) is 7.14 Å². The summed E-state index contributed by atoms with van der Waals surface area (Å²) < 4.78 is 1.16. The molecule has 1 fully saturated rings. The van der Waals surface area contributed by atoms with Crippen LogP contribution in [0.5, 0.6) is 0 Å². The van der Waals surface area contributed by atoms with E-state index in [4.69, 9.17) is 7.57 Å². The number of halogens is 1. The topological polar surface area (TPSA) is 0 Å². The van der Waals surface area contributed by atoms with Gasteiger partial charge in [0.2, 0.25) is 0 Å². The average molecular weight is 358 g/mol. The molecule has 0 nitrogen and oxygen atoms in total. The molecule has 3 heteroatoms. The van der Waals surface area contributed by atoms with Crippen LogP contribution in [0, 0.1) is 0 Å². The molecule has 0 heterocycles. The van der Waals surface area contributed by atoms with E-state index in [1.807, 2.05) is 0 Å². The highest BCUT2D eigenvalue weighted by Crippen LogP contribution is 2.61. The van der Waals surface area contributed by atoms with Crippen molar-refractivity contribution in [3.05, 3.63) is 59.1 Å². The Hall–Kier alpha value is -0.585. The van der Waals surface area contributed by atoms with Crippen molar-refractivity contribution in [3.63, 3.8) is 0 Å².